The molecule has 15 heavy (non-hydrogen) atoms. The molecule has 1 atom stereocenters. The van der Waals surface area contributed by atoms with Gasteiger partial charge in [-0.2, -0.15) is 0 Å². The molecule has 1 saturated heterocycles. The zero-order valence-electron chi connectivity index (χ0n) is 10.5. The Kier molecular flexibility index (Phi) is 6.22. The Hall–Kier alpha value is -0.120. The first kappa shape index (κ1) is 12.9. The molecule has 1 fully saturated rings. The van der Waals surface area contributed by atoms with Gasteiger partial charge in [-0.1, -0.05) is 13.8 Å². The van der Waals surface area contributed by atoms with Crippen molar-refractivity contribution in [1.29, 1.82) is 0 Å². The normalized spacial score (nSPS) is 22.8. The maximum Gasteiger partial charge on any atom is 0.0591 e. The van der Waals surface area contributed by atoms with Crippen molar-refractivity contribution >= 4 is 0 Å². The van der Waals surface area contributed by atoms with Crippen LogP contribution in [0.1, 0.15) is 20.3 Å². The van der Waals surface area contributed by atoms with E-state index in [0.29, 0.717) is 5.92 Å². The Morgan fingerprint density at radius 3 is 2.87 bits per heavy atom. The van der Waals surface area contributed by atoms with Gasteiger partial charge in [0.15, 0.2) is 0 Å². The van der Waals surface area contributed by atoms with E-state index in [0.717, 1.165) is 32.2 Å². The fourth-order valence-corrected chi connectivity index (χ4v) is 1.96. The van der Waals surface area contributed by atoms with Gasteiger partial charge < -0.3 is 15.0 Å². The van der Waals surface area contributed by atoms with Crippen molar-refractivity contribution in [3.63, 3.8) is 0 Å². The Bertz CT molecular complexity index is 162. The zero-order valence-corrected chi connectivity index (χ0v) is 10.5. The lowest BCUT2D eigenvalue weighted by Crippen LogP contribution is -2.28. The van der Waals surface area contributed by atoms with Crippen molar-refractivity contribution in [3.05, 3.63) is 0 Å². The highest BCUT2D eigenvalue weighted by Gasteiger charge is 2.18. The topological polar surface area (TPSA) is 24.5 Å². The molecule has 0 radical (unpaired) electrons. The predicted molar refractivity (Wildman–Crippen MR) is 64.1 cm³/mol. The molecule has 90 valence electrons. The minimum atomic E-state index is 0.647. The van der Waals surface area contributed by atoms with Gasteiger partial charge >= 0.3 is 0 Å². The summed E-state index contributed by atoms with van der Waals surface area (Å²) in [6.45, 7) is 10.7. The summed E-state index contributed by atoms with van der Waals surface area (Å²) in [6.07, 6.45) is 1.34. The van der Waals surface area contributed by atoms with Crippen molar-refractivity contribution in [2.45, 2.75) is 20.3 Å². The molecule has 1 unspecified atom stereocenters. The van der Waals surface area contributed by atoms with Gasteiger partial charge in [-0.25, -0.2) is 0 Å². The molecule has 0 saturated carbocycles. The van der Waals surface area contributed by atoms with E-state index in [9.17, 15) is 0 Å². The van der Waals surface area contributed by atoms with E-state index in [1.807, 2.05) is 0 Å². The number of likely N-dealkylation sites (tertiary alicyclic amines) is 1. The Labute approximate surface area is 94.2 Å². The monoisotopic (exact) mass is 214 g/mol. The molecule has 3 nitrogen and oxygen atoms in total. The number of hydrogen-bond acceptors (Lipinski definition) is 3. The summed E-state index contributed by atoms with van der Waals surface area (Å²) in [5, 5.41) is 3.47. The van der Waals surface area contributed by atoms with Crippen LogP contribution in [0.15, 0.2) is 0 Å². The summed E-state index contributed by atoms with van der Waals surface area (Å²) in [5.41, 5.74) is 0. The highest BCUT2D eigenvalue weighted by atomic mass is 16.5. The van der Waals surface area contributed by atoms with E-state index in [1.54, 1.807) is 0 Å². The molecule has 0 bridgehead atoms. The fraction of sp³-hybridized carbons (Fsp3) is 1.00. The molecule has 1 heterocycles. The van der Waals surface area contributed by atoms with Crippen LogP contribution in [0.3, 0.4) is 0 Å². The quantitative estimate of drug-likeness (QED) is 0.645. The fourth-order valence-electron chi connectivity index (χ4n) is 1.96. The van der Waals surface area contributed by atoms with Crippen LogP contribution in [0.5, 0.6) is 0 Å². The summed E-state index contributed by atoms with van der Waals surface area (Å²) < 4.78 is 5.51. The van der Waals surface area contributed by atoms with Crippen LogP contribution in [0.2, 0.25) is 0 Å². The van der Waals surface area contributed by atoms with Crippen LogP contribution in [-0.4, -0.2) is 51.3 Å². The first-order valence-corrected chi connectivity index (χ1v) is 6.15. The first-order chi connectivity index (χ1) is 7.18. The third-order valence-electron chi connectivity index (χ3n) is 2.80. The van der Waals surface area contributed by atoms with E-state index in [2.05, 4.69) is 31.1 Å². The average Bonchev–Trinajstić information content (AvgIpc) is 2.57. The summed E-state index contributed by atoms with van der Waals surface area (Å²) in [5.74, 6) is 1.49. The lowest BCUT2D eigenvalue weighted by Gasteiger charge is -2.12. The molecule has 1 aliphatic rings. The highest BCUT2D eigenvalue weighted by Crippen LogP contribution is 2.12. The van der Waals surface area contributed by atoms with Crippen molar-refractivity contribution in [1.82, 2.24) is 10.2 Å². The van der Waals surface area contributed by atoms with E-state index in [4.69, 9.17) is 4.74 Å². The van der Waals surface area contributed by atoms with Crippen LogP contribution in [0.25, 0.3) is 0 Å². The number of nitrogens with zero attached hydrogens (tertiary/aromatic N) is 1. The molecule has 0 amide bonds. The zero-order chi connectivity index (χ0) is 11.1. The van der Waals surface area contributed by atoms with E-state index in [1.165, 1.54) is 19.5 Å². The van der Waals surface area contributed by atoms with Gasteiger partial charge in [0.05, 0.1) is 6.61 Å². The molecule has 1 N–H and O–H groups in total. The van der Waals surface area contributed by atoms with Crippen LogP contribution >= 0.6 is 0 Å². The Balaban J connectivity index is 1.85. The van der Waals surface area contributed by atoms with Crippen LogP contribution in [0, 0.1) is 11.8 Å². The smallest absolute Gasteiger partial charge is 0.0591 e. The number of ether oxygens (including phenoxy) is 1. The van der Waals surface area contributed by atoms with Crippen LogP contribution < -0.4 is 5.32 Å². The highest BCUT2D eigenvalue weighted by molar-refractivity contribution is 4.74. The van der Waals surface area contributed by atoms with Gasteiger partial charge in [0.2, 0.25) is 0 Å². The van der Waals surface area contributed by atoms with Crippen LogP contribution in [0.4, 0.5) is 0 Å². The van der Waals surface area contributed by atoms with Gasteiger partial charge in [0, 0.05) is 19.7 Å². The van der Waals surface area contributed by atoms with Gasteiger partial charge in [0.25, 0.3) is 0 Å². The van der Waals surface area contributed by atoms with E-state index in [-0.39, 0.29) is 0 Å². The first-order valence-electron chi connectivity index (χ1n) is 6.15. The van der Waals surface area contributed by atoms with Gasteiger partial charge in [-0.15, -0.1) is 0 Å². The molecule has 3 heteroatoms. The lowest BCUT2D eigenvalue weighted by atomic mass is 10.1. The van der Waals surface area contributed by atoms with Gasteiger partial charge in [-0.05, 0) is 38.4 Å². The van der Waals surface area contributed by atoms with Gasteiger partial charge in [0.1, 0.15) is 0 Å². The molecule has 0 aromatic heterocycles. The maximum absolute atomic E-state index is 5.51. The molecule has 1 rings (SSSR count). The third-order valence-corrected chi connectivity index (χ3v) is 2.80. The second kappa shape index (κ2) is 7.20. The standard InChI is InChI=1S/C12H26N2O/c1-11(2)10-15-7-5-13-8-12-4-6-14(3)9-12/h11-13H,4-10H2,1-3H3. The van der Waals surface area contributed by atoms with Crippen molar-refractivity contribution in [2.24, 2.45) is 11.8 Å². The van der Waals surface area contributed by atoms with Crippen LogP contribution in [-0.2, 0) is 4.74 Å². The minimum Gasteiger partial charge on any atom is -0.380 e. The summed E-state index contributed by atoms with van der Waals surface area (Å²) in [7, 11) is 2.20. The Morgan fingerprint density at radius 1 is 1.47 bits per heavy atom. The summed E-state index contributed by atoms with van der Waals surface area (Å²) in [4.78, 5) is 2.40. The molecule has 0 spiro atoms. The average molecular weight is 214 g/mol. The molecular weight excluding hydrogens is 188 g/mol. The number of nitrogens with one attached hydrogen (secondary N) is 1. The number of rotatable bonds is 7. The SMILES string of the molecule is CC(C)COCCNCC1CCN(C)C1. The predicted octanol–water partition coefficient (Wildman–Crippen LogP) is 1.20. The van der Waals surface area contributed by atoms with Gasteiger partial charge in [-0.3, -0.25) is 0 Å². The molecular formula is C12H26N2O. The molecule has 1 aliphatic heterocycles. The lowest BCUT2D eigenvalue weighted by molar-refractivity contribution is 0.111. The minimum absolute atomic E-state index is 0.647. The number of hydrogen-bond donors (Lipinski definition) is 1. The van der Waals surface area contributed by atoms with E-state index >= 15 is 0 Å². The second-order valence-electron chi connectivity index (χ2n) is 5.09. The molecule has 0 aliphatic carbocycles. The second-order valence-corrected chi connectivity index (χ2v) is 5.09. The summed E-state index contributed by atoms with van der Waals surface area (Å²) >= 11 is 0. The third kappa shape index (κ3) is 6.13. The molecule has 0 aromatic carbocycles. The summed E-state index contributed by atoms with van der Waals surface area (Å²) in [6, 6.07) is 0. The van der Waals surface area contributed by atoms with E-state index < -0.39 is 0 Å². The van der Waals surface area contributed by atoms with Crippen molar-refractivity contribution < 1.29 is 4.74 Å². The van der Waals surface area contributed by atoms with Crippen molar-refractivity contribution in [3.8, 4) is 0 Å². The molecule has 0 aromatic rings. The Morgan fingerprint density at radius 2 is 2.27 bits per heavy atom. The van der Waals surface area contributed by atoms with Crippen molar-refractivity contribution in [2.75, 3.05) is 46.4 Å². The maximum atomic E-state index is 5.51. The largest absolute Gasteiger partial charge is 0.380 e.